The summed E-state index contributed by atoms with van der Waals surface area (Å²) in [5.41, 5.74) is 1.98. The van der Waals surface area contributed by atoms with Crippen molar-refractivity contribution in [2.24, 2.45) is 0 Å². The van der Waals surface area contributed by atoms with E-state index in [2.05, 4.69) is 15.5 Å². The van der Waals surface area contributed by atoms with Crippen molar-refractivity contribution in [3.63, 3.8) is 0 Å². The Bertz CT molecular complexity index is 905. The molecule has 6 nitrogen and oxygen atoms in total. The Morgan fingerprint density at radius 2 is 1.85 bits per heavy atom. The Hall–Kier alpha value is -3.22. The molecule has 1 aliphatic heterocycles. The lowest BCUT2D eigenvalue weighted by molar-refractivity contribution is 0.136. The molecule has 0 saturated carbocycles. The maximum atomic E-state index is 12.9. The molecule has 7 heteroatoms. The van der Waals surface area contributed by atoms with Gasteiger partial charge >= 0.3 is 6.03 Å². The number of nitrogens with one attached hydrogen (secondary N) is 1. The zero-order valence-electron chi connectivity index (χ0n) is 14.6. The summed E-state index contributed by atoms with van der Waals surface area (Å²) in [6, 6.07) is 15.9. The molecular formula is C20H19FN4O2. The minimum Gasteiger partial charge on any atom is -0.339 e. The molecule has 0 spiro atoms. The monoisotopic (exact) mass is 366 g/mol. The molecule has 2 aromatic carbocycles. The van der Waals surface area contributed by atoms with E-state index in [4.69, 9.17) is 4.52 Å². The number of hydrogen-bond acceptors (Lipinski definition) is 4. The van der Waals surface area contributed by atoms with E-state index >= 15 is 0 Å². The van der Waals surface area contributed by atoms with Gasteiger partial charge in [-0.1, -0.05) is 47.6 Å². The fraction of sp³-hybridized carbons (Fsp3) is 0.250. The van der Waals surface area contributed by atoms with Gasteiger partial charge in [-0.05, 0) is 23.3 Å². The lowest BCUT2D eigenvalue weighted by Gasteiger charge is -2.36. The first kappa shape index (κ1) is 17.2. The number of halogens is 1. The third kappa shape index (κ3) is 4.13. The fourth-order valence-corrected chi connectivity index (χ4v) is 2.98. The zero-order chi connectivity index (χ0) is 18.6. The van der Waals surface area contributed by atoms with Crippen molar-refractivity contribution in [3.05, 3.63) is 83.3 Å². The molecule has 1 N–H and O–H groups in total. The molecule has 1 saturated heterocycles. The van der Waals surface area contributed by atoms with E-state index in [1.165, 1.54) is 12.1 Å². The molecule has 4 rings (SSSR count). The molecule has 2 heterocycles. The van der Waals surface area contributed by atoms with Crippen molar-refractivity contribution in [3.8, 4) is 0 Å². The van der Waals surface area contributed by atoms with Crippen molar-refractivity contribution in [2.75, 3.05) is 13.1 Å². The summed E-state index contributed by atoms with van der Waals surface area (Å²) in [7, 11) is 0. The van der Waals surface area contributed by atoms with Crippen molar-refractivity contribution < 1.29 is 13.7 Å². The van der Waals surface area contributed by atoms with Crippen molar-refractivity contribution in [2.45, 2.75) is 18.9 Å². The molecule has 1 fully saturated rings. The van der Waals surface area contributed by atoms with Crippen molar-refractivity contribution in [1.82, 2.24) is 20.4 Å². The molecule has 0 atom stereocenters. The van der Waals surface area contributed by atoms with Crippen LogP contribution in [0.2, 0.25) is 0 Å². The van der Waals surface area contributed by atoms with Gasteiger partial charge in [0.2, 0.25) is 5.89 Å². The maximum absolute atomic E-state index is 12.9. The minimum absolute atomic E-state index is 0.0681. The van der Waals surface area contributed by atoms with Crippen LogP contribution in [0.1, 0.15) is 28.8 Å². The molecule has 1 aliphatic rings. The topological polar surface area (TPSA) is 71.3 Å². The highest BCUT2D eigenvalue weighted by Crippen LogP contribution is 2.26. The van der Waals surface area contributed by atoms with Crippen LogP contribution < -0.4 is 5.32 Å². The maximum Gasteiger partial charge on any atom is 0.317 e. The van der Waals surface area contributed by atoms with E-state index in [0.717, 1.165) is 11.1 Å². The van der Waals surface area contributed by atoms with Gasteiger partial charge in [0.15, 0.2) is 5.82 Å². The summed E-state index contributed by atoms with van der Waals surface area (Å²) < 4.78 is 18.2. The van der Waals surface area contributed by atoms with Gasteiger partial charge in [-0.15, -0.1) is 0 Å². The smallest absolute Gasteiger partial charge is 0.317 e. The quantitative estimate of drug-likeness (QED) is 0.753. The van der Waals surface area contributed by atoms with Crippen LogP contribution in [0.15, 0.2) is 59.1 Å². The first-order valence-corrected chi connectivity index (χ1v) is 8.81. The van der Waals surface area contributed by atoms with Gasteiger partial charge in [-0.3, -0.25) is 0 Å². The normalized spacial score (nSPS) is 14.0. The molecule has 138 valence electrons. The highest BCUT2D eigenvalue weighted by molar-refractivity contribution is 5.75. The van der Waals surface area contributed by atoms with Crippen LogP contribution in [0.25, 0.3) is 0 Å². The zero-order valence-corrected chi connectivity index (χ0v) is 14.6. The van der Waals surface area contributed by atoms with Crippen molar-refractivity contribution in [1.29, 1.82) is 0 Å². The standard InChI is InChI=1S/C20H19FN4O2/c21-17-8-6-15(7-9-17)11-22-20(26)25-12-16(13-25)19-23-18(24-27-19)10-14-4-2-1-3-5-14/h1-9,16H,10-13H2,(H,22,26). The Labute approximate surface area is 156 Å². The summed E-state index contributed by atoms with van der Waals surface area (Å²) in [5.74, 6) is 0.999. The number of rotatable bonds is 5. The van der Waals surface area contributed by atoms with Crippen molar-refractivity contribution >= 4 is 6.03 Å². The third-order valence-electron chi connectivity index (χ3n) is 4.56. The number of hydrogen-bond donors (Lipinski definition) is 1. The Morgan fingerprint density at radius 1 is 1.11 bits per heavy atom. The fourth-order valence-electron chi connectivity index (χ4n) is 2.98. The SMILES string of the molecule is O=C(NCc1ccc(F)cc1)N1CC(c2nc(Cc3ccccc3)no2)C1. The van der Waals surface area contributed by atoms with Gasteiger partial charge in [-0.25, -0.2) is 9.18 Å². The molecule has 0 bridgehead atoms. The third-order valence-corrected chi connectivity index (χ3v) is 4.56. The summed E-state index contributed by atoms with van der Waals surface area (Å²) in [6.45, 7) is 1.45. The van der Waals surface area contributed by atoms with Crippen LogP contribution in [0, 0.1) is 5.82 Å². The van der Waals surface area contributed by atoms with Gasteiger partial charge in [0.25, 0.3) is 0 Å². The van der Waals surface area contributed by atoms with Crippen LogP contribution in [-0.2, 0) is 13.0 Å². The number of likely N-dealkylation sites (tertiary alicyclic amines) is 1. The van der Waals surface area contributed by atoms with E-state index in [-0.39, 0.29) is 17.8 Å². The van der Waals surface area contributed by atoms with Gasteiger partial charge in [0.05, 0.1) is 5.92 Å². The van der Waals surface area contributed by atoms with E-state index in [1.54, 1.807) is 17.0 Å². The van der Waals surface area contributed by atoms with E-state index in [9.17, 15) is 9.18 Å². The van der Waals surface area contributed by atoms with Gasteiger partial charge in [0, 0.05) is 26.1 Å². The summed E-state index contributed by atoms with van der Waals surface area (Å²) in [6.07, 6.45) is 0.624. The number of carbonyl (C=O) groups is 1. The van der Waals surface area contributed by atoms with Crippen LogP contribution in [0.5, 0.6) is 0 Å². The predicted octanol–water partition coefficient (Wildman–Crippen LogP) is 3.11. The summed E-state index contributed by atoms with van der Waals surface area (Å²) in [4.78, 5) is 18.3. The highest BCUT2D eigenvalue weighted by Gasteiger charge is 2.35. The number of amides is 2. The minimum atomic E-state index is -0.290. The largest absolute Gasteiger partial charge is 0.339 e. The molecule has 0 radical (unpaired) electrons. The Kier molecular flexibility index (Phi) is 4.82. The summed E-state index contributed by atoms with van der Waals surface area (Å²) in [5, 5.41) is 6.86. The second-order valence-corrected chi connectivity index (χ2v) is 6.60. The molecule has 3 aromatic rings. The van der Waals surface area contributed by atoms with Gasteiger partial charge in [0.1, 0.15) is 5.82 Å². The molecule has 2 amide bonds. The lowest BCUT2D eigenvalue weighted by atomic mass is 10.0. The number of benzene rings is 2. The van der Waals surface area contributed by atoms with E-state index in [0.29, 0.717) is 37.8 Å². The average Bonchev–Trinajstić information content (AvgIpc) is 3.09. The number of aromatic nitrogens is 2. The Morgan fingerprint density at radius 3 is 2.59 bits per heavy atom. The predicted molar refractivity (Wildman–Crippen MR) is 96.5 cm³/mol. The van der Waals surface area contributed by atoms with Gasteiger partial charge in [-0.2, -0.15) is 4.98 Å². The average molecular weight is 366 g/mol. The number of nitrogens with zero attached hydrogens (tertiary/aromatic N) is 3. The summed E-state index contributed by atoms with van der Waals surface area (Å²) >= 11 is 0. The number of carbonyl (C=O) groups excluding carboxylic acids is 1. The first-order valence-electron chi connectivity index (χ1n) is 8.81. The lowest BCUT2D eigenvalue weighted by Crippen LogP contribution is -2.52. The van der Waals surface area contributed by atoms with Crippen LogP contribution >= 0.6 is 0 Å². The van der Waals surface area contributed by atoms with Gasteiger partial charge < -0.3 is 14.7 Å². The van der Waals surface area contributed by atoms with Crippen LogP contribution in [0.3, 0.4) is 0 Å². The second-order valence-electron chi connectivity index (χ2n) is 6.60. The Balaban J connectivity index is 1.25. The molecular weight excluding hydrogens is 347 g/mol. The second kappa shape index (κ2) is 7.57. The van der Waals surface area contributed by atoms with E-state index < -0.39 is 0 Å². The highest BCUT2D eigenvalue weighted by atomic mass is 19.1. The first-order chi connectivity index (χ1) is 13.2. The van der Waals surface area contributed by atoms with Crippen LogP contribution in [-0.4, -0.2) is 34.2 Å². The van der Waals surface area contributed by atoms with E-state index in [1.807, 2.05) is 30.3 Å². The molecule has 0 unspecified atom stereocenters. The number of urea groups is 1. The molecule has 1 aromatic heterocycles. The molecule has 0 aliphatic carbocycles. The molecule has 27 heavy (non-hydrogen) atoms. The van der Waals surface area contributed by atoms with Crippen LogP contribution in [0.4, 0.5) is 9.18 Å².